The van der Waals surface area contributed by atoms with Crippen molar-refractivity contribution in [2.45, 2.75) is 0 Å². The third kappa shape index (κ3) is 1.81. The number of hydrogen-bond donors (Lipinski definition) is 0. The molecule has 1 aliphatic rings. The number of carbonyl (C=O) groups is 1. The number of hydrogen-bond acceptors (Lipinski definition) is 3. The van der Waals surface area contributed by atoms with E-state index >= 15 is 0 Å². The highest BCUT2D eigenvalue weighted by molar-refractivity contribution is 9.10. The van der Waals surface area contributed by atoms with Gasteiger partial charge in [-0.25, -0.2) is 4.79 Å². The number of ether oxygens (including phenoxy) is 1. The molecule has 1 aromatic carbocycles. The van der Waals surface area contributed by atoms with Gasteiger partial charge in [0, 0.05) is 4.47 Å². The summed E-state index contributed by atoms with van der Waals surface area (Å²) in [6.45, 7) is 0.953. The monoisotopic (exact) mass is 266 g/mol. The molecule has 0 spiro atoms. The standard InChI is InChI=1S/C10H7BrN2O2/c11-8-5-7(6-12)1-2-9(8)13-3-4-15-10(13)14/h1-2,5H,3-4H2. The first-order valence-electron chi connectivity index (χ1n) is 4.36. The lowest BCUT2D eigenvalue weighted by Gasteiger charge is -2.14. The largest absolute Gasteiger partial charge is 0.447 e. The van der Waals surface area contributed by atoms with Crippen molar-refractivity contribution in [1.29, 1.82) is 5.26 Å². The van der Waals surface area contributed by atoms with Crippen LogP contribution in [0.4, 0.5) is 10.5 Å². The Morgan fingerprint density at radius 1 is 1.53 bits per heavy atom. The molecule has 1 heterocycles. The molecular weight excluding hydrogens is 260 g/mol. The maximum absolute atomic E-state index is 11.3. The molecule has 2 rings (SSSR count). The first-order chi connectivity index (χ1) is 7.22. The van der Waals surface area contributed by atoms with Gasteiger partial charge in [0.2, 0.25) is 0 Å². The number of benzene rings is 1. The van der Waals surface area contributed by atoms with Crippen LogP contribution in [0.25, 0.3) is 0 Å². The minimum atomic E-state index is -0.347. The predicted molar refractivity (Wildman–Crippen MR) is 57.6 cm³/mol. The van der Waals surface area contributed by atoms with Crippen LogP contribution in [0, 0.1) is 11.3 Å². The van der Waals surface area contributed by atoms with E-state index in [0.29, 0.717) is 18.7 Å². The Kier molecular flexibility index (Phi) is 2.60. The number of rotatable bonds is 1. The number of halogens is 1. The molecular formula is C10H7BrN2O2. The van der Waals surface area contributed by atoms with E-state index in [0.717, 1.165) is 10.2 Å². The van der Waals surface area contributed by atoms with E-state index in [4.69, 9.17) is 10.00 Å². The lowest BCUT2D eigenvalue weighted by molar-refractivity contribution is 0.181. The van der Waals surface area contributed by atoms with Gasteiger partial charge in [0.15, 0.2) is 0 Å². The Hall–Kier alpha value is -1.54. The number of cyclic esters (lactones) is 1. The van der Waals surface area contributed by atoms with Gasteiger partial charge in [0.05, 0.1) is 23.9 Å². The van der Waals surface area contributed by atoms with Crippen molar-refractivity contribution in [2.24, 2.45) is 0 Å². The lowest BCUT2D eigenvalue weighted by Crippen LogP contribution is -2.23. The maximum Gasteiger partial charge on any atom is 0.414 e. The van der Waals surface area contributed by atoms with Crippen LogP contribution in [-0.4, -0.2) is 19.2 Å². The zero-order valence-corrected chi connectivity index (χ0v) is 9.32. The van der Waals surface area contributed by atoms with Gasteiger partial charge in [-0.2, -0.15) is 5.26 Å². The smallest absolute Gasteiger partial charge is 0.414 e. The second-order valence-corrected chi connectivity index (χ2v) is 3.90. The first-order valence-corrected chi connectivity index (χ1v) is 5.15. The highest BCUT2D eigenvalue weighted by Gasteiger charge is 2.25. The Labute approximate surface area is 95.2 Å². The molecule has 1 fully saturated rings. The second kappa shape index (κ2) is 3.91. The van der Waals surface area contributed by atoms with Gasteiger partial charge < -0.3 is 4.74 Å². The summed E-state index contributed by atoms with van der Waals surface area (Å²) < 4.78 is 5.56. The number of amides is 1. The van der Waals surface area contributed by atoms with E-state index in [1.807, 2.05) is 6.07 Å². The quantitative estimate of drug-likeness (QED) is 0.784. The van der Waals surface area contributed by atoms with Crippen molar-refractivity contribution in [3.63, 3.8) is 0 Å². The fraction of sp³-hybridized carbons (Fsp3) is 0.200. The molecule has 0 saturated carbocycles. The molecule has 5 heteroatoms. The van der Waals surface area contributed by atoms with Crippen molar-refractivity contribution in [1.82, 2.24) is 0 Å². The van der Waals surface area contributed by atoms with E-state index in [9.17, 15) is 4.79 Å². The van der Waals surface area contributed by atoms with Crippen molar-refractivity contribution in [3.05, 3.63) is 28.2 Å². The highest BCUT2D eigenvalue weighted by atomic mass is 79.9. The summed E-state index contributed by atoms with van der Waals surface area (Å²) in [6, 6.07) is 7.12. The summed E-state index contributed by atoms with van der Waals surface area (Å²) in [4.78, 5) is 12.8. The molecule has 0 radical (unpaired) electrons. The summed E-state index contributed by atoms with van der Waals surface area (Å²) in [5.74, 6) is 0. The van der Waals surface area contributed by atoms with Crippen molar-refractivity contribution in [2.75, 3.05) is 18.1 Å². The highest BCUT2D eigenvalue weighted by Crippen LogP contribution is 2.29. The molecule has 0 N–H and O–H groups in total. The van der Waals surface area contributed by atoms with Crippen LogP contribution < -0.4 is 4.90 Å². The third-order valence-electron chi connectivity index (χ3n) is 2.13. The Morgan fingerprint density at radius 3 is 2.87 bits per heavy atom. The molecule has 76 valence electrons. The van der Waals surface area contributed by atoms with Gasteiger partial charge in [0.25, 0.3) is 0 Å². The van der Waals surface area contributed by atoms with Crippen LogP contribution in [0.1, 0.15) is 5.56 Å². The first kappa shape index (κ1) is 9.99. The topological polar surface area (TPSA) is 53.3 Å². The zero-order chi connectivity index (χ0) is 10.8. The maximum atomic E-state index is 11.3. The molecule has 1 aromatic rings. The molecule has 1 aliphatic heterocycles. The number of nitrogens with zero attached hydrogens (tertiary/aromatic N) is 2. The summed E-state index contributed by atoms with van der Waals surface area (Å²) in [5.41, 5.74) is 1.29. The minimum absolute atomic E-state index is 0.347. The average molecular weight is 267 g/mol. The van der Waals surface area contributed by atoms with Gasteiger partial charge in [-0.1, -0.05) is 0 Å². The van der Waals surface area contributed by atoms with E-state index in [1.54, 1.807) is 18.2 Å². The fourth-order valence-electron chi connectivity index (χ4n) is 1.41. The number of carbonyl (C=O) groups excluding carboxylic acids is 1. The van der Waals surface area contributed by atoms with Crippen LogP contribution >= 0.6 is 15.9 Å². The summed E-state index contributed by atoms with van der Waals surface area (Å²) in [5, 5.41) is 8.69. The number of anilines is 1. The molecule has 0 aliphatic carbocycles. The van der Waals surface area contributed by atoms with Crippen molar-refractivity contribution in [3.8, 4) is 6.07 Å². The summed E-state index contributed by atoms with van der Waals surface area (Å²) in [7, 11) is 0. The Bertz CT molecular complexity index is 453. The Balaban J connectivity index is 2.37. The molecule has 0 aromatic heterocycles. The summed E-state index contributed by atoms with van der Waals surface area (Å²) >= 11 is 3.32. The predicted octanol–water partition coefficient (Wildman–Crippen LogP) is 2.28. The average Bonchev–Trinajstić information content (AvgIpc) is 2.64. The molecule has 0 unspecified atom stereocenters. The van der Waals surface area contributed by atoms with E-state index < -0.39 is 0 Å². The van der Waals surface area contributed by atoms with Crippen molar-refractivity contribution >= 4 is 27.7 Å². The van der Waals surface area contributed by atoms with Gasteiger partial charge in [-0.15, -0.1) is 0 Å². The van der Waals surface area contributed by atoms with Crippen LogP contribution in [0.15, 0.2) is 22.7 Å². The van der Waals surface area contributed by atoms with Gasteiger partial charge in [-0.05, 0) is 34.1 Å². The van der Waals surface area contributed by atoms with Crippen LogP contribution in [0.5, 0.6) is 0 Å². The van der Waals surface area contributed by atoms with E-state index in [1.165, 1.54) is 4.90 Å². The molecule has 1 amide bonds. The molecule has 4 nitrogen and oxygen atoms in total. The van der Waals surface area contributed by atoms with Gasteiger partial charge in [0.1, 0.15) is 6.61 Å². The SMILES string of the molecule is N#Cc1ccc(N2CCOC2=O)c(Br)c1. The summed E-state index contributed by atoms with van der Waals surface area (Å²) in [6.07, 6.45) is -0.347. The van der Waals surface area contributed by atoms with E-state index in [-0.39, 0.29) is 6.09 Å². The van der Waals surface area contributed by atoms with Crippen molar-refractivity contribution < 1.29 is 9.53 Å². The molecule has 0 bridgehead atoms. The van der Waals surface area contributed by atoms with Crippen LogP contribution in [0.2, 0.25) is 0 Å². The lowest BCUT2D eigenvalue weighted by atomic mass is 10.2. The van der Waals surface area contributed by atoms with Crippen LogP contribution in [-0.2, 0) is 4.74 Å². The minimum Gasteiger partial charge on any atom is -0.447 e. The number of nitriles is 1. The van der Waals surface area contributed by atoms with Gasteiger partial charge >= 0.3 is 6.09 Å². The zero-order valence-electron chi connectivity index (χ0n) is 7.74. The fourth-order valence-corrected chi connectivity index (χ4v) is 2.00. The van der Waals surface area contributed by atoms with Gasteiger partial charge in [-0.3, -0.25) is 4.90 Å². The van der Waals surface area contributed by atoms with Crippen LogP contribution in [0.3, 0.4) is 0 Å². The Morgan fingerprint density at radius 2 is 2.33 bits per heavy atom. The second-order valence-electron chi connectivity index (χ2n) is 3.04. The molecule has 15 heavy (non-hydrogen) atoms. The normalized spacial score (nSPS) is 14.9. The molecule has 0 atom stereocenters. The third-order valence-corrected chi connectivity index (χ3v) is 2.76. The molecule has 1 saturated heterocycles. The van der Waals surface area contributed by atoms with E-state index in [2.05, 4.69) is 15.9 Å².